The molecule has 1 saturated heterocycles. The van der Waals surface area contributed by atoms with Crippen molar-refractivity contribution in [3.8, 4) is 0 Å². The Balaban J connectivity index is 1.32. The topological polar surface area (TPSA) is 120 Å². The highest BCUT2D eigenvalue weighted by atomic mass is 16.4. The molecule has 262 valence electrons. The number of allylic oxidation sites excluding steroid dienone is 2. The average molecular weight is 658 g/mol. The summed E-state index contributed by atoms with van der Waals surface area (Å²) >= 11 is 0. The summed E-state index contributed by atoms with van der Waals surface area (Å²) in [6.45, 7) is 22.2. The smallest absolute Gasteiger partial charge is 0.306 e. The van der Waals surface area contributed by atoms with Gasteiger partial charge in [0.15, 0.2) is 0 Å². The van der Waals surface area contributed by atoms with Crippen LogP contribution in [0.4, 0.5) is 5.82 Å². The van der Waals surface area contributed by atoms with Crippen LogP contribution in [0.15, 0.2) is 22.3 Å². The van der Waals surface area contributed by atoms with Crippen molar-refractivity contribution in [1.29, 1.82) is 0 Å². The Kier molecular flexibility index (Phi) is 7.28. The number of nitrogens with two attached hydrogens (primary N) is 1. The molecule has 2 aromatic heterocycles. The van der Waals surface area contributed by atoms with Crippen molar-refractivity contribution in [2.24, 2.45) is 51.2 Å². The van der Waals surface area contributed by atoms with Gasteiger partial charge < -0.3 is 20.6 Å². The zero-order valence-electron chi connectivity index (χ0n) is 30.5. The molecule has 4 fully saturated rings. The number of carboxylic acid groups (broad SMARTS) is 1. The van der Waals surface area contributed by atoms with Crippen molar-refractivity contribution < 1.29 is 14.3 Å². The number of furan rings is 1. The number of carboxylic acids is 1. The Morgan fingerprint density at radius 1 is 1.06 bits per heavy atom. The molecule has 3 saturated carbocycles. The minimum absolute atomic E-state index is 0.0232. The number of aromatic amines is 1. The van der Waals surface area contributed by atoms with Gasteiger partial charge in [-0.1, -0.05) is 54.0 Å². The van der Waals surface area contributed by atoms with Gasteiger partial charge in [-0.05, 0) is 108 Å². The second kappa shape index (κ2) is 10.7. The molecule has 48 heavy (non-hydrogen) atoms. The van der Waals surface area contributed by atoms with Crippen molar-refractivity contribution in [2.45, 2.75) is 112 Å². The number of nitrogens with zero attached hydrogens (tertiary/aromatic N) is 2. The second-order valence-electron chi connectivity index (χ2n) is 19.0. The van der Waals surface area contributed by atoms with Gasteiger partial charge in [0, 0.05) is 48.4 Å². The number of carbonyl (C=O) groups is 1. The largest absolute Gasteiger partial charge is 0.481 e. The summed E-state index contributed by atoms with van der Waals surface area (Å²) in [5, 5.41) is 22.1. The Bertz CT molecular complexity index is 1640. The first-order valence-corrected chi connectivity index (χ1v) is 18.9. The van der Waals surface area contributed by atoms with Crippen molar-refractivity contribution >= 4 is 17.4 Å². The number of hydrogen-bond acceptors (Lipinski definition) is 6. The quantitative estimate of drug-likeness (QED) is 0.273. The number of nitrogen functional groups attached to an aromatic ring is 1. The van der Waals surface area contributed by atoms with Gasteiger partial charge >= 0.3 is 5.97 Å². The first-order valence-electron chi connectivity index (χ1n) is 18.9. The number of nitrogens with one attached hydrogen (secondary N) is 2. The molecule has 5 aliphatic carbocycles. The van der Waals surface area contributed by atoms with E-state index in [1.807, 2.05) is 6.26 Å². The molecule has 1 unspecified atom stereocenters. The number of rotatable bonds is 4. The van der Waals surface area contributed by atoms with Crippen LogP contribution in [-0.4, -0.2) is 52.4 Å². The molecule has 2 aromatic rings. The van der Waals surface area contributed by atoms with Crippen LogP contribution in [0.5, 0.6) is 0 Å². The Hall–Kier alpha value is -2.58. The van der Waals surface area contributed by atoms with E-state index in [0.717, 1.165) is 77.0 Å². The van der Waals surface area contributed by atoms with Crippen LogP contribution < -0.4 is 11.1 Å². The Morgan fingerprint density at radius 3 is 2.54 bits per heavy atom. The van der Waals surface area contributed by atoms with E-state index in [4.69, 9.17) is 10.2 Å². The van der Waals surface area contributed by atoms with E-state index in [-0.39, 0.29) is 44.8 Å². The molecule has 1 aliphatic heterocycles. The van der Waals surface area contributed by atoms with E-state index in [9.17, 15) is 9.90 Å². The third kappa shape index (κ3) is 4.46. The first-order chi connectivity index (χ1) is 22.6. The highest BCUT2D eigenvalue weighted by molar-refractivity contribution is 5.75. The molecular formula is C40H59N5O3. The van der Waals surface area contributed by atoms with Gasteiger partial charge in [0.25, 0.3) is 0 Å². The third-order valence-corrected chi connectivity index (χ3v) is 15.8. The minimum atomic E-state index is -0.600. The van der Waals surface area contributed by atoms with Crippen LogP contribution in [0, 0.1) is 51.2 Å². The summed E-state index contributed by atoms with van der Waals surface area (Å²) in [6, 6.07) is 2.26. The van der Waals surface area contributed by atoms with Gasteiger partial charge in [0.1, 0.15) is 11.6 Å². The molecule has 8 atom stereocenters. The van der Waals surface area contributed by atoms with E-state index < -0.39 is 5.97 Å². The van der Waals surface area contributed by atoms with Crippen molar-refractivity contribution in [1.82, 2.24) is 20.4 Å². The average Bonchev–Trinajstić information content (AvgIpc) is 3.63. The maximum Gasteiger partial charge on any atom is 0.306 e. The predicted octanol–water partition coefficient (Wildman–Crippen LogP) is 7.27. The van der Waals surface area contributed by atoms with E-state index >= 15 is 0 Å². The number of aliphatic carboxylic acids is 1. The molecule has 6 aliphatic rings. The second-order valence-corrected chi connectivity index (χ2v) is 19.0. The monoisotopic (exact) mass is 657 g/mol. The number of hydrogen-bond donors (Lipinski definition) is 4. The standard InChI is InChI=1S/C40H59N5O3/c1-36(2)19-26-23(27(20-36)35(46)47)8-11-40(7)32(26)25(24-10-17-48-29(24)22-45-15-13-42-14-16-45)18-31-38(5)21-28-33(43-44-34(28)41)37(3,4)30(38)9-12-39(31,40)6/h10,17,23,26-27,30-31,42H,8-9,11-16,18-22H2,1-7H3,(H,46,47)(H3,41,43,44)/t23-,26-,27+,30-,31?,38-,39+,40+/m0/s1. The molecule has 8 nitrogen and oxygen atoms in total. The zero-order valence-corrected chi connectivity index (χ0v) is 30.5. The number of H-pyrrole nitrogens is 1. The fraction of sp³-hybridized carbons (Fsp3) is 0.750. The molecule has 0 bridgehead atoms. The number of aromatic nitrogens is 2. The van der Waals surface area contributed by atoms with Crippen LogP contribution in [-0.2, 0) is 23.2 Å². The first kappa shape index (κ1) is 32.6. The molecule has 3 heterocycles. The number of anilines is 1. The summed E-state index contributed by atoms with van der Waals surface area (Å²) in [6.07, 6.45) is 10.1. The lowest BCUT2D eigenvalue weighted by atomic mass is 9.33. The summed E-state index contributed by atoms with van der Waals surface area (Å²) in [5.41, 5.74) is 13.5. The SMILES string of the molecule is CC1(C)C[C@@H]2C3=C(c4ccoc4CN4CCNCC4)CC4[C@@]5(C)Cc6c(N)n[nH]c6C(C)(C)[C@@H]5CC[C@@]4(C)[C@]3(C)CC[C@@H]2[C@H](C(=O)O)C1. The maximum absolute atomic E-state index is 12.9. The molecule has 0 amide bonds. The molecule has 5 N–H and O–H groups in total. The maximum atomic E-state index is 12.9. The summed E-state index contributed by atoms with van der Waals surface area (Å²) < 4.78 is 6.43. The normalized spacial score (nSPS) is 40.3. The molecule has 0 radical (unpaired) electrons. The van der Waals surface area contributed by atoms with Crippen molar-refractivity contribution in [3.05, 3.63) is 40.5 Å². The lowest BCUT2D eigenvalue weighted by Gasteiger charge is -2.70. The predicted molar refractivity (Wildman–Crippen MR) is 189 cm³/mol. The lowest BCUT2D eigenvalue weighted by molar-refractivity contribution is -0.161. The molecule has 0 spiro atoms. The highest BCUT2D eigenvalue weighted by Crippen LogP contribution is 2.76. The van der Waals surface area contributed by atoms with E-state index in [1.165, 1.54) is 35.2 Å². The highest BCUT2D eigenvalue weighted by Gasteiger charge is 2.68. The van der Waals surface area contributed by atoms with Crippen molar-refractivity contribution in [2.75, 3.05) is 31.9 Å². The van der Waals surface area contributed by atoms with Gasteiger partial charge in [-0.15, -0.1) is 0 Å². The van der Waals surface area contributed by atoms with E-state index in [1.54, 1.807) is 5.57 Å². The van der Waals surface area contributed by atoms with Gasteiger partial charge in [0.2, 0.25) is 0 Å². The third-order valence-electron chi connectivity index (χ3n) is 15.8. The Labute approximate surface area is 287 Å². The van der Waals surface area contributed by atoms with E-state index in [0.29, 0.717) is 17.7 Å². The molecule has 0 aromatic carbocycles. The van der Waals surface area contributed by atoms with Crippen LogP contribution in [0.2, 0.25) is 0 Å². The lowest BCUT2D eigenvalue weighted by Crippen LogP contribution is -2.64. The van der Waals surface area contributed by atoms with Gasteiger partial charge in [0.05, 0.1) is 18.7 Å². The molecular weight excluding hydrogens is 598 g/mol. The van der Waals surface area contributed by atoms with Crippen LogP contribution >= 0.6 is 0 Å². The van der Waals surface area contributed by atoms with Crippen LogP contribution in [0.1, 0.15) is 116 Å². The summed E-state index contributed by atoms with van der Waals surface area (Å²) in [4.78, 5) is 15.4. The van der Waals surface area contributed by atoms with Gasteiger partial charge in [-0.2, -0.15) is 5.10 Å². The van der Waals surface area contributed by atoms with E-state index in [2.05, 4.69) is 74.9 Å². The van der Waals surface area contributed by atoms with Crippen LogP contribution in [0.3, 0.4) is 0 Å². The summed E-state index contributed by atoms with van der Waals surface area (Å²) in [5.74, 6) is 2.27. The molecule has 8 heteroatoms. The fourth-order valence-electron chi connectivity index (χ4n) is 13.5. The summed E-state index contributed by atoms with van der Waals surface area (Å²) in [7, 11) is 0. The number of fused-ring (bicyclic) bond motifs is 8. The molecule has 8 rings (SSSR count). The van der Waals surface area contributed by atoms with Gasteiger partial charge in [-0.25, -0.2) is 0 Å². The Morgan fingerprint density at radius 2 is 1.81 bits per heavy atom. The fourth-order valence-corrected chi connectivity index (χ4v) is 13.5. The zero-order chi connectivity index (χ0) is 34.0. The van der Waals surface area contributed by atoms with Gasteiger partial charge in [-0.3, -0.25) is 14.8 Å². The number of piperazine rings is 1. The minimum Gasteiger partial charge on any atom is -0.481 e. The van der Waals surface area contributed by atoms with Crippen LogP contribution in [0.25, 0.3) is 5.57 Å². The van der Waals surface area contributed by atoms with Crippen molar-refractivity contribution in [3.63, 3.8) is 0 Å².